The Morgan fingerprint density at radius 1 is 1.07 bits per heavy atom. The van der Waals surface area contributed by atoms with E-state index in [1.54, 1.807) is 75.3 Å². The average molecular weight is 582 g/mol. The molecule has 12 nitrogen and oxygen atoms in total. The molecule has 1 aromatic carbocycles. The number of likely N-dealkylation sites (tertiary alicyclic amines) is 1. The highest BCUT2D eigenvalue weighted by molar-refractivity contribution is 5.93. The fourth-order valence-electron chi connectivity index (χ4n) is 4.91. The number of amides is 2. The molecule has 1 saturated heterocycles. The number of benzene rings is 1. The van der Waals surface area contributed by atoms with Crippen LogP contribution in [0.25, 0.3) is 16.7 Å². The summed E-state index contributed by atoms with van der Waals surface area (Å²) in [4.78, 5) is 46.7. The number of rotatable bonds is 7. The zero-order valence-electron chi connectivity index (χ0n) is 25.4. The fraction of sp³-hybridized carbons (Fsp3) is 0.500. The summed E-state index contributed by atoms with van der Waals surface area (Å²) in [6.45, 7) is 10.9. The van der Waals surface area contributed by atoms with Gasteiger partial charge in [0.1, 0.15) is 23.1 Å². The second-order valence-electron chi connectivity index (χ2n) is 12.2. The van der Waals surface area contributed by atoms with Gasteiger partial charge in [-0.2, -0.15) is 5.10 Å². The van der Waals surface area contributed by atoms with Gasteiger partial charge in [0, 0.05) is 42.9 Å². The number of hydrogen-bond donors (Lipinski definition) is 1. The molecule has 12 heteroatoms. The van der Waals surface area contributed by atoms with E-state index >= 15 is 0 Å². The van der Waals surface area contributed by atoms with Crippen molar-refractivity contribution >= 4 is 28.9 Å². The second-order valence-corrected chi connectivity index (χ2v) is 12.2. The van der Waals surface area contributed by atoms with Crippen LogP contribution in [-0.2, 0) is 19.1 Å². The SMILES string of the molecule is COC(=O)C1(Oc2cc(-n3cccn3)nc3cc(OC)ccc23)CCCN1C(=O)[C@@H](NC(=O)OC(C)(C)C)C(C)(C)C. The van der Waals surface area contributed by atoms with Gasteiger partial charge in [-0.1, -0.05) is 20.8 Å². The smallest absolute Gasteiger partial charge is 0.408 e. The van der Waals surface area contributed by atoms with Crippen LogP contribution in [0, 0.1) is 5.41 Å². The molecule has 3 aromatic rings. The largest absolute Gasteiger partial charge is 0.497 e. The van der Waals surface area contributed by atoms with Crippen molar-refractivity contribution in [3.05, 3.63) is 42.7 Å². The van der Waals surface area contributed by atoms with Crippen molar-refractivity contribution in [3.63, 3.8) is 0 Å². The Labute approximate surface area is 245 Å². The molecule has 1 aliphatic heterocycles. The molecule has 4 rings (SSSR count). The minimum absolute atomic E-state index is 0.172. The summed E-state index contributed by atoms with van der Waals surface area (Å²) in [7, 11) is 2.81. The van der Waals surface area contributed by atoms with E-state index in [0.29, 0.717) is 34.6 Å². The van der Waals surface area contributed by atoms with Gasteiger partial charge < -0.3 is 24.3 Å². The number of methoxy groups -OCH3 is 2. The molecule has 2 atom stereocenters. The Kier molecular flexibility index (Phi) is 8.38. The Morgan fingerprint density at radius 2 is 1.81 bits per heavy atom. The van der Waals surface area contributed by atoms with Crippen LogP contribution in [-0.4, -0.2) is 75.8 Å². The quantitative estimate of drug-likeness (QED) is 0.407. The first-order valence-electron chi connectivity index (χ1n) is 13.8. The maximum absolute atomic E-state index is 14.2. The highest BCUT2D eigenvalue weighted by Crippen LogP contribution is 2.39. The minimum atomic E-state index is -1.81. The number of carbonyl (C=O) groups excluding carboxylic acids is 3. The number of fused-ring (bicyclic) bond motifs is 1. The lowest BCUT2D eigenvalue weighted by Crippen LogP contribution is -2.64. The summed E-state index contributed by atoms with van der Waals surface area (Å²) in [5, 5.41) is 7.60. The second kappa shape index (κ2) is 11.5. The molecule has 1 aliphatic rings. The van der Waals surface area contributed by atoms with Gasteiger partial charge in [-0.3, -0.25) is 9.69 Å². The number of nitrogens with zero attached hydrogens (tertiary/aromatic N) is 4. The van der Waals surface area contributed by atoms with Crippen LogP contribution in [0.2, 0.25) is 0 Å². The number of alkyl carbamates (subject to hydrolysis) is 1. The molecular weight excluding hydrogens is 542 g/mol. The van der Waals surface area contributed by atoms with Crippen molar-refractivity contribution < 1.29 is 33.3 Å². The van der Waals surface area contributed by atoms with Crippen molar-refractivity contribution in [2.75, 3.05) is 20.8 Å². The zero-order valence-corrected chi connectivity index (χ0v) is 25.4. The van der Waals surface area contributed by atoms with Gasteiger partial charge in [0.15, 0.2) is 5.82 Å². The number of nitrogens with one attached hydrogen (secondary N) is 1. The first-order valence-corrected chi connectivity index (χ1v) is 13.8. The van der Waals surface area contributed by atoms with E-state index in [2.05, 4.69) is 10.4 Å². The predicted octanol–water partition coefficient (Wildman–Crippen LogP) is 4.24. The van der Waals surface area contributed by atoms with Crippen molar-refractivity contribution in [2.24, 2.45) is 5.41 Å². The molecule has 0 spiro atoms. The van der Waals surface area contributed by atoms with Gasteiger partial charge in [0.05, 0.1) is 19.7 Å². The third-order valence-electron chi connectivity index (χ3n) is 6.86. The van der Waals surface area contributed by atoms with Gasteiger partial charge >= 0.3 is 12.1 Å². The number of esters is 1. The predicted molar refractivity (Wildman–Crippen MR) is 154 cm³/mol. The average Bonchev–Trinajstić information content (AvgIpc) is 3.60. The molecule has 2 amide bonds. The summed E-state index contributed by atoms with van der Waals surface area (Å²) >= 11 is 0. The molecule has 1 unspecified atom stereocenters. The highest BCUT2D eigenvalue weighted by atomic mass is 16.6. The van der Waals surface area contributed by atoms with Gasteiger partial charge in [0.25, 0.3) is 5.72 Å². The minimum Gasteiger partial charge on any atom is -0.497 e. The maximum atomic E-state index is 14.2. The van der Waals surface area contributed by atoms with Crippen LogP contribution in [0.5, 0.6) is 11.5 Å². The van der Waals surface area contributed by atoms with Crippen molar-refractivity contribution in [3.8, 4) is 17.3 Å². The fourth-order valence-corrected chi connectivity index (χ4v) is 4.91. The molecule has 0 radical (unpaired) electrons. The Balaban J connectivity index is 1.80. The molecule has 226 valence electrons. The topological polar surface area (TPSA) is 134 Å². The third kappa shape index (κ3) is 6.27. The molecule has 0 saturated carbocycles. The first-order chi connectivity index (χ1) is 19.7. The van der Waals surface area contributed by atoms with E-state index in [0.717, 1.165) is 0 Å². The Morgan fingerprint density at radius 3 is 2.40 bits per heavy atom. The Bertz CT molecular complexity index is 1460. The molecular formula is C30H39N5O7. The monoisotopic (exact) mass is 581 g/mol. The number of ether oxygens (including phenoxy) is 4. The van der Waals surface area contributed by atoms with Crippen LogP contribution < -0.4 is 14.8 Å². The summed E-state index contributed by atoms with van der Waals surface area (Å²) in [6, 6.07) is 7.67. The van der Waals surface area contributed by atoms with Gasteiger partial charge in [-0.15, -0.1) is 0 Å². The van der Waals surface area contributed by atoms with Gasteiger partial charge in [0.2, 0.25) is 5.91 Å². The summed E-state index contributed by atoms with van der Waals surface area (Å²) < 4.78 is 24.2. The van der Waals surface area contributed by atoms with Crippen molar-refractivity contribution in [2.45, 2.75) is 71.8 Å². The van der Waals surface area contributed by atoms with Crippen LogP contribution in [0.4, 0.5) is 4.79 Å². The maximum Gasteiger partial charge on any atom is 0.408 e. The van der Waals surface area contributed by atoms with E-state index in [4.69, 9.17) is 23.9 Å². The number of pyridine rings is 1. The lowest BCUT2D eigenvalue weighted by molar-refractivity contribution is -0.181. The third-order valence-corrected chi connectivity index (χ3v) is 6.86. The number of hydrogen-bond acceptors (Lipinski definition) is 9. The van der Waals surface area contributed by atoms with Crippen molar-refractivity contribution in [1.29, 1.82) is 0 Å². The normalized spacial score (nSPS) is 18.0. The highest BCUT2D eigenvalue weighted by Gasteiger charge is 2.56. The lowest BCUT2D eigenvalue weighted by Gasteiger charge is -2.40. The van der Waals surface area contributed by atoms with Crippen LogP contribution >= 0.6 is 0 Å². The summed E-state index contributed by atoms with van der Waals surface area (Å²) in [6.07, 6.45) is 3.25. The Hall–Kier alpha value is -4.35. The zero-order chi connectivity index (χ0) is 30.9. The van der Waals surface area contributed by atoms with E-state index in [1.807, 2.05) is 20.8 Å². The molecule has 3 heterocycles. The van der Waals surface area contributed by atoms with E-state index < -0.39 is 40.8 Å². The molecule has 1 N–H and O–H groups in total. The molecule has 2 aromatic heterocycles. The molecule has 1 fully saturated rings. The number of aromatic nitrogens is 3. The molecule has 42 heavy (non-hydrogen) atoms. The van der Waals surface area contributed by atoms with Crippen LogP contribution in [0.1, 0.15) is 54.4 Å². The van der Waals surface area contributed by atoms with E-state index in [9.17, 15) is 14.4 Å². The number of carbonyl (C=O) groups is 3. The molecule has 0 aliphatic carbocycles. The van der Waals surface area contributed by atoms with Crippen molar-refractivity contribution in [1.82, 2.24) is 25.0 Å². The standard InChI is InChI=1S/C30H39N5O7/c1-28(2,3)24(33-27(38)42-29(4,5)6)25(36)34-15-9-13-30(34,26(37)40-8)41-22-18-23(35-16-10-14-31-35)32-21-17-19(39-7)11-12-20(21)22/h10-12,14,16-18,24H,9,13,15H2,1-8H3,(H,33,38)/t24-,30?/m1/s1. The first kappa shape index (κ1) is 30.6. The lowest BCUT2D eigenvalue weighted by atomic mass is 9.85. The summed E-state index contributed by atoms with van der Waals surface area (Å²) in [5.41, 5.74) is -2.77. The molecule has 0 bridgehead atoms. The van der Waals surface area contributed by atoms with Crippen LogP contribution in [0.3, 0.4) is 0 Å². The van der Waals surface area contributed by atoms with E-state index in [1.165, 1.54) is 12.0 Å². The van der Waals surface area contributed by atoms with Crippen LogP contribution in [0.15, 0.2) is 42.7 Å². The summed E-state index contributed by atoms with van der Waals surface area (Å²) in [5.74, 6) is 0.0811. The van der Waals surface area contributed by atoms with E-state index in [-0.39, 0.29) is 13.0 Å². The van der Waals surface area contributed by atoms with Gasteiger partial charge in [-0.25, -0.2) is 19.3 Å². The van der Waals surface area contributed by atoms with Gasteiger partial charge in [-0.05, 0) is 50.8 Å².